The summed E-state index contributed by atoms with van der Waals surface area (Å²) >= 11 is 0. The van der Waals surface area contributed by atoms with Crippen molar-refractivity contribution in [3.8, 4) is 6.07 Å². The van der Waals surface area contributed by atoms with Gasteiger partial charge >= 0.3 is 0 Å². The number of benzene rings is 7. The molecule has 7 aromatic rings. The summed E-state index contributed by atoms with van der Waals surface area (Å²) in [4.78, 5) is 93.5. The molecule has 0 radical (unpaired) electrons. The van der Waals surface area contributed by atoms with E-state index in [1.807, 2.05) is 112 Å². The lowest BCUT2D eigenvalue weighted by atomic mass is 9.98. The first-order chi connectivity index (χ1) is 36.1. The Bertz CT molecular complexity index is 3480. The number of carbonyl (C=O) groups excluding carboxylic acids is 6. The highest BCUT2D eigenvalue weighted by molar-refractivity contribution is 6.15. The molecule has 4 N–H and O–H groups in total. The average Bonchev–Trinajstić information content (AvgIpc) is 3.61. The maximum atomic E-state index is 15.1. The van der Waals surface area contributed by atoms with Gasteiger partial charge in [-0.15, -0.1) is 0 Å². The summed E-state index contributed by atoms with van der Waals surface area (Å²) in [5, 5.41) is 25.8. The number of likely N-dealkylation sites (N-methyl/N-ethyl adjacent to an activating group) is 2. The predicted molar refractivity (Wildman–Crippen MR) is 293 cm³/mol. The molecule has 0 spiro atoms. The third kappa shape index (κ3) is 10.1. The number of fused-ring (bicyclic) bond motifs is 4. The summed E-state index contributed by atoms with van der Waals surface area (Å²) in [7, 11) is 3.28. The van der Waals surface area contributed by atoms with Gasteiger partial charge in [-0.2, -0.15) is 5.26 Å². The van der Waals surface area contributed by atoms with Gasteiger partial charge in [-0.05, 0) is 153 Å². The zero-order valence-corrected chi connectivity index (χ0v) is 43.0. The molecule has 6 amide bonds. The second kappa shape index (κ2) is 21.4. The summed E-state index contributed by atoms with van der Waals surface area (Å²) in [5.41, 5.74) is 6.76. The number of aryl methyl sites for hydroxylation is 3. The van der Waals surface area contributed by atoms with Crippen molar-refractivity contribution in [2.75, 3.05) is 46.8 Å². The van der Waals surface area contributed by atoms with Gasteiger partial charge in [0, 0.05) is 11.1 Å². The van der Waals surface area contributed by atoms with Crippen LogP contribution in [0.15, 0.2) is 133 Å². The third-order valence-electron chi connectivity index (χ3n) is 14.6. The predicted octanol–water partition coefficient (Wildman–Crippen LogP) is 7.36. The first-order valence-electron chi connectivity index (χ1n) is 25.0. The molecule has 0 bridgehead atoms. The van der Waals surface area contributed by atoms with Crippen LogP contribution in [0.1, 0.15) is 67.9 Å². The number of carbonyl (C=O) groups is 6. The normalized spacial score (nSPS) is 16.3. The van der Waals surface area contributed by atoms with E-state index in [4.69, 9.17) is 0 Å². The van der Waals surface area contributed by atoms with Crippen molar-refractivity contribution in [1.29, 1.82) is 5.26 Å². The maximum absolute atomic E-state index is 15.1. The van der Waals surface area contributed by atoms with Gasteiger partial charge in [-0.3, -0.25) is 28.8 Å². The van der Waals surface area contributed by atoms with Gasteiger partial charge in [0.05, 0.1) is 72.6 Å². The lowest BCUT2D eigenvalue weighted by Crippen LogP contribution is -2.55. The van der Waals surface area contributed by atoms with Gasteiger partial charge in [-0.1, -0.05) is 78.9 Å². The number of hydrogen-bond donors (Lipinski definition) is 4. The second-order valence-corrected chi connectivity index (χ2v) is 19.4. The number of nitrogens with one attached hydrogen (secondary N) is 4. The fraction of sp³-hybridized carbons (Fsp3) is 0.250. The van der Waals surface area contributed by atoms with Crippen LogP contribution in [0, 0.1) is 32.1 Å². The molecule has 2 aliphatic rings. The average molecular weight is 1000 g/mol. The van der Waals surface area contributed by atoms with Crippen LogP contribution in [0.2, 0.25) is 0 Å². The molecule has 15 heteroatoms. The highest BCUT2D eigenvalue weighted by atomic mass is 16.2. The summed E-state index contributed by atoms with van der Waals surface area (Å²) < 4.78 is 0. The van der Waals surface area contributed by atoms with E-state index >= 15 is 9.59 Å². The van der Waals surface area contributed by atoms with Crippen molar-refractivity contribution in [3.63, 3.8) is 0 Å². The molecule has 0 aromatic heterocycles. The molecule has 380 valence electrons. The number of nitrogens with zero attached hydrogens (tertiary/aromatic N) is 5. The Morgan fingerprint density at radius 3 is 1.43 bits per heavy atom. The number of amides is 6. The van der Waals surface area contributed by atoms with E-state index in [1.54, 1.807) is 55.9 Å². The van der Waals surface area contributed by atoms with E-state index in [9.17, 15) is 24.4 Å². The standard InChI is InChI=1S/C60H59N9O6/c1-35-16-26-51-53(28-35)68(33-49(64-55(70)38(4)62-6)59(74)66(51)31-47-36(2)17-20-41-12-8-10-14-45(41)47)57(72)43-22-24-44(25-23-43)58(73)69-34-50(65-56(71)39(5)63-7)60(75)67(52-27-19-40(30-61)29-54(52)69)32-48-37(3)18-21-42-13-9-11-15-46(42)48/h8-29,38-39,49-50,62-63H,31-34H2,1-7H3,(H,64,70)(H,65,71)/t38-,39-,49-,50-/m0/s1. The van der Waals surface area contributed by atoms with Crippen LogP contribution in [-0.4, -0.2) is 86.8 Å². The summed E-state index contributed by atoms with van der Waals surface area (Å²) in [5.74, 6) is -2.75. The molecule has 0 fully saturated rings. The van der Waals surface area contributed by atoms with E-state index < -0.39 is 59.6 Å². The van der Waals surface area contributed by atoms with E-state index in [-0.39, 0.29) is 48.6 Å². The number of rotatable bonds is 12. The molecule has 75 heavy (non-hydrogen) atoms. The van der Waals surface area contributed by atoms with Gasteiger partial charge in [0.15, 0.2) is 0 Å². The fourth-order valence-corrected chi connectivity index (χ4v) is 9.92. The molecular formula is C60H59N9O6. The van der Waals surface area contributed by atoms with Crippen LogP contribution in [0.4, 0.5) is 22.7 Å². The molecule has 4 atom stereocenters. The highest BCUT2D eigenvalue weighted by Crippen LogP contribution is 2.39. The molecule has 2 heterocycles. The van der Waals surface area contributed by atoms with Crippen molar-refractivity contribution in [3.05, 3.63) is 178 Å². The van der Waals surface area contributed by atoms with Crippen LogP contribution in [-0.2, 0) is 32.3 Å². The minimum absolute atomic E-state index is 0.0993. The maximum Gasteiger partial charge on any atom is 0.258 e. The van der Waals surface area contributed by atoms with Crippen LogP contribution < -0.4 is 40.9 Å². The van der Waals surface area contributed by atoms with Crippen molar-refractivity contribution < 1.29 is 28.8 Å². The molecule has 0 saturated carbocycles. The molecule has 15 nitrogen and oxygen atoms in total. The largest absolute Gasteiger partial charge is 0.341 e. The van der Waals surface area contributed by atoms with Crippen molar-refractivity contribution >= 4 is 79.7 Å². The molecule has 2 aliphatic heterocycles. The highest BCUT2D eigenvalue weighted by Gasteiger charge is 2.40. The van der Waals surface area contributed by atoms with E-state index in [0.29, 0.717) is 17.1 Å². The smallest absolute Gasteiger partial charge is 0.258 e. The third-order valence-corrected chi connectivity index (χ3v) is 14.6. The summed E-state index contributed by atoms with van der Waals surface area (Å²) in [6.45, 7) is 9.01. The zero-order valence-electron chi connectivity index (χ0n) is 43.0. The van der Waals surface area contributed by atoms with Gasteiger partial charge in [0.2, 0.25) is 11.8 Å². The first-order valence-corrected chi connectivity index (χ1v) is 25.0. The van der Waals surface area contributed by atoms with Crippen LogP contribution in [0.5, 0.6) is 0 Å². The van der Waals surface area contributed by atoms with Gasteiger partial charge in [0.25, 0.3) is 23.6 Å². The van der Waals surface area contributed by atoms with E-state index in [0.717, 1.165) is 49.4 Å². The number of hydrogen-bond acceptors (Lipinski definition) is 9. The molecular weight excluding hydrogens is 943 g/mol. The number of nitriles is 1. The van der Waals surface area contributed by atoms with Gasteiger partial charge in [-0.25, -0.2) is 0 Å². The van der Waals surface area contributed by atoms with Crippen LogP contribution >= 0.6 is 0 Å². The Kier molecular flexibility index (Phi) is 14.6. The van der Waals surface area contributed by atoms with Crippen molar-refractivity contribution in [2.24, 2.45) is 0 Å². The topological polar surface area (TPSA) is 187 Å². The summed E-state index contributed by atoms with van der Waals surface area (Å²) in [6.07, 6.45) is 0. The van der Waals surface area contributed by atoms with E-state index in [2.05, 4.69) is 27.3 Å². The molecule has 9 rings (SSSR count). The van der Waals surface area contributed by atoms with Gasteiger partial charge in [0.1, 0.15) is 12.1 Å². The lowest BCUT2D eigenvalue weighted by molar-refractivity contribution is -0.128. The van der Waals surface area contributed by atoms with Crippen molar-refractivity contribution in [2.45, 2.75) is 71.9 Å². The molecule has 0 saturated heterocycles. The van der Waals surface area contributed by atoms with Gasteiger partial charge < -0.3 is 40.9 Å². The fourth-order valence-electron chi connectivity index (χ4n) is 9.92. The Labute approximate surface area is 436 Å². The minimum Gasteiger partial charge on any atom is -0.341 e. The molecule has 7 aromatic carbocycles. The summed E-state index contributed by atoms with van der Waals surface area (Å²) in [6, 6.07) is 38.9. The Morgan fingerprint density at radius 2 is 0.987 bits per heavy atom. The minimum atomic E-state index is -1.21. The SMILES string of the molecule is CN[C@@H](C)C(=O)N[C@H]1CN(C(=O)c2ccc(C(=O)N3C[C@H](NC(=O)[C@H](C)NC)C(=O)N(Cc4c(C)ccc5ccccc45)c4ccc(C#N)cc43)cc2)c2cc(C)ccc2N(Cc2c(C)ccc3ccccc23)C1=O. The lowest BCUT2D eigenvalue weighted by Gasteiger charge is -2.27. The monoisotopic (exact) mass is 1000 g/mol. The molecule has 0 unspecified atom stereocenters. The van der Waals surface area contributed by atoms with Crippen LogP contribution in [0.3, 0.4) is 0 Å². The second-order valence-electron chi connectivity index (χ2n) is 19.4. The van der Waals surface area contributed by atoms with E-state index in [1.165, 1.54) is 34.1 Å². The Morgan fingerprint density at radius 1 is 0.560 bits per heavy atom. The Hall–Kier alpha value is -8.71. The zero-order chi connectivity index (χ0) is 53.2. The van der Waals surface area contributed by atoms with Crippen LogP contribution in [0.25, 0.3) is 21.5 Å². The van der Waals surface area contributed by atoms with Crippen molar-refractivity contribution in [1.82, 2.24) is 21.3 Å². The number of anilines is 4. The molecule has 0 aliphatic carbocycles. The quantitative estimate of drug-likeness (QED) is 0.0971. The first kappa shape index (κ1) is 51.2. The Balaban J connectivity index is 1.09.